The highest BCUT2D eigenvalue weighted by Crippen LogP contribution is 2.29. The maximum Gasteiger partial charge on any atom is 0.319 e. The summed E-state index contributed by atoms with van der Waals surface area (Å²) in [6, 6.07) is 14.8. The number of carbonyl (C=O) groups excluding carboxylic acids is 1. The number of carbonyl (C=O) groups is 1. The van der Waals surface area contributed by atoms with Gasteiger partial charge in [-0.05, 0) is 29.8 Å². The lowest BCUT2D eigenvalue weighted by Gasteiger charge is -2.15. The van der Waals surface area contributed by atoms with Crippen molar-refractivity contribution in [2.45, 2.75) is 23.4 Å². The van der Waals surface area contributed by atoms with Crippen LogP contribution in [0.15, 0.2) is 58.5 Å². The van der Waals surface area contributed by atoms with E-state index in [1.807, 2.05) is 42.5 Å². The molecule has 2 heterocycles. The van der Waals surface area contributed by atoms with E-state index in [1.54, 1.807) is 17.7 Å². The lowest BCUT2D eigenvalue weighted by Crippen LogP contribution is -2.25. The molecule has 1 aromatic heterocycles. The van der Waals surface area contributed by atoms with E-state index in [2.05, 4.69) is 4.98 Å². The predicted molar refractivity (Wildman–Crippen MR) is 103 cm³/mol. The first-order valence-corrected chi connectivity index (χ1v) is 9.49. The number of rotatable bonds is 5. The second-order valence-corrected chi connectivity index (χ2v) is 7.38. The molecule has 6 nitrogen and oxygen atoms in total. The third-order valence-electron chi connectivity index (χ3n) is 4.46. The number of cyclic esters (lactones) is 1. The van der Waals surface area contributed by atoms with E-state index in [4.69, 9.17) is 9.47 Å². The summed E-state index contributed by atoms with van der Waals surface area (Å²) in [4.78, 5) is 29.7. The summed E-state index contributed by atoms with van der Waals surface area (Å²) in [5, 5.41) is 0.753. The Labute approximate surface area is 160 Å². The fraction of sp³-hybridized carbons (Fsp3) is 0.250. The predicted octanol–water partition coefficient (Wildman–Crippen LogP) is 2.86. The fourth-order valence-corrected chi connectivity index (χ4v) is 4.06. The number of methoxy groups -OCH3 is 1. The minimum absolute atomic E-state index is 0.120. The highest BCUT2D eigenvalue weighted by atomic mass is 32.2. The van der Waals surface area contributed by atoms with Crippen LogP contribution in [0.3, 0.4) is 0 Å². The molecule has 0 spiro atoms. The van der Waals surface area contributed by atoms with Crippen LogP contribution in [0.4, 0.5) is 0 Å². The number of para-hydroxylation sites is 1. The molecular weight excluding hydrogens is 364 g/mol. The summed E-state index contributed by atoms with van der Waals surface area (Å²) in [6.07, 6.45) is 0.620. The van der Waals surface area contributed by atoms with Crippen LogP contribution in [0, 0.1) is 0 Å². The Bertz CT molecular complexity index is 1050. The molecule has 1 saturated heterocycles. The van der Waals surface area contributed by atoms with Crippen LogP contribution in [0.5, 0.6) is 5.75 Å². The number of aromatic nitrogens is 2. The van der Waals surface area contributed by atoms with Gasteiger partial charge in [0.05, 0.1) is 31.2 Å². The molecule has 2 aromatic carbocycles. The second-order valence-electron chi connectivity index (χ2n) is 6.21. The van der Waals surface area contributed by atoms with Gasteiger partial charge in [0.2, 0.25) is 0 Å². The van der Waals surface area contributed by atoms with E-state index in [9.17, 15) is 9.59 Å². The zero-order chi connectivity index (χ0) is 18.8. The Morgan fingerprint density at radius 3 is 2.67 bits per heavy atom. The second kappa shape index (κ2) is 7.44. The molecule has 1 atom stereocenters. The molecule has 138 valence electrons. The minimum atomic E-state index is -0.333. The van der Waals surface area contributed by atoms with Crippen molar-refractivity contribution in [1.82, 2.24) is 9.55 Å². The first kappa shape index (κ1) is 17.6. The average molecular weight is 382 g/mol. The van der Waals surface area contributed by atoms with Gasteiger partial charge < -0.3 is 9.47 Å². The molecule has 0 unspecified atom stereocenters. The van der Waals surface area contributed by atoms with E-state index in [-0.39, 0.29) is 16.8 Å². The van der Waals surface area contributed by atoms with Crippen LogP contribution in [0.2, 0.25) is 0 Å². The average Bonchev–Trinajstić information content (AvgIpc) is 3.10. The van der Waals surface area contributed by atoms with Crippen LogP contribution in [0.25, 0.3) is 10.9 Å². The van der Waals surface area contributed by atoms with Gasteiger partial charge in [-0.25, -0.2) is 4.98 Å². The first-order chi connectivity index (χ1) is 13.2. The van der Waals surface area contributed by atoms with Crippen molar-refractivity contribution in [2.24, 2.45) is 0 Å². The number of benzene rings is 2. The van der Waals surface area contributed by atoms with E-state index < -0.39 is 0 Å². The van der Waals surface area contributed by atoms with Gasteiger partial charge in [-0.2, -0.15) is 0 Å². The third kappa shape index (κ3) is 3.55. The largest absolute Gasteiger partial charge is 0.497 e. The fourth-order valence-electron chi connectivity index (χ4n) is 3.00. The monoisotopic (exact) mass is 382 g/mol. The molecule has 0 aliphatic carbocycles. The number of fused-ring (bicyclic) bond motifs is 1. The zero-order valence-corrected chi connectivity index (χ0v) is 15.6. The highest BCUT2D eigenvalue weighted by molar-refractivity contribution is 8.00. The van der Waals surface area contributed by atoms with Gasteiger partial charge in [0.1, 0.15) is 11.0 Å². The number of hydrogen-bond acceptors (Lipinski definition) is 6. The molecule has 4 rings (SSSR count). The Morgan fingerprint density at radius 2 is 1.96 bits per heavy atom. The van der Waals surface area contributed by atoms with E-state index >= 15 is 0 Å². The summed E-state index contributed by atoms with van der Waals surface area (Å²) >= 11 is 1.29. The molecule has 7 heteroatoms. The number of esters is 1. The lowest BCUT2D eigenvalue weighted by atomic mass is 10.2. The molecule has 27 heavy (non-hydrogen) atoms. The Morgan fingerprint density at radius 1 is 1.19 bits per heavy atom. The van der Waals surface area contributed by atoms with E-state index in [1.165, 1.54) is 11.8 Å². The van der Waals surface area contributed by atoms with Gasteiger partial charge in [0.25, 0.3) is 5.56 Å². The topological polar surface area (TPSA) is 70.4 Å². The highest BCUT2D eigenvalue weighted by Gasteiger charge is 2.29. The maximum atomic E-state index is 13.1. The van der Waals surface area contributed by atoms with Crippen molar-refractivity contribution in [3.05, 3.63) is 64.4 Å². The standard InChI is InChI=1S/C20H18N2O4S/c1-25-14-8-6-13(7-9-14)12-22-18(23)15-4-2-3-5-16(15)21-20(22)27-17-10-11-26-19(17)24/h2-9,17H,10-12H2,1H3/t17-/m1/s1. The summed E-state index contributed by atoms with van der Waals surface area (Å²) in [5.74, 6) is 0.504. The number of thioether (sulfide) groups is 1. The van der Waals surface area contributed by atoms with Gasteiger partial charge in [0.15, 0.2) is 5.16 Å². The molecule has 0 radical (unpaired) electrons. The first-order valence-electron chi connectivity index (χ1n) is 8.61. The van der Waals surface area contributed by atoms with Crippen LogP contribution in [-0.2, 0) is 16.1 Å². The van der Waals surface area contributed by atoms with Crippen LogP contribution in [0.1, 0.15) is 12.0 Å². The van der Waals surface area contributed by atoms with Gasteiger partial charge >= 0.3 is 5.97 Å². The molecule has 0 N–H and O–H groups in total. The molecule has 1 aliphatic heterocycles. The summed E-state index contributed by atoms with van der Waals surface area (Å²) < 4.78 is 11.9. The van der Waals surface area contributed by atoms with Crippen molar-refractivity contribution in [3.8, 4) is 5.75 Å². The SMILES string of the molecule is COc1ccc(Cn2c(S[C@@H]3CCOC3=O)nc3ccccc3c2=O)cc1. The normalized spacial score (nSPS) is 16.5. The van der Waals surface area contributed by atoms with Gasteiger partial charge in [-0.15, -0.1) is 0 Å². The smallest absolute Gasteiger partial charge is 0.319 e. The van der Waals surface area contributed by atoms with E-state index in [0.29, 0.717) is 35.6 Å². The summed E-state index contributed by atoms with van der Waals surface area (Å²) in [6.45, 7) is 0.775. The van der Waals surface area contributed by atoms with Crippen LogP contribution >= 0.6 is 11.8 Å². The molecular formula is C20H18N2O4S. The van der Waals surface area contributed by atoms with Crippen molar-refractivity contribution >= 4 is 28.6 Å². The van der Waals surface area contributed by atoms with Gasteiger partial charge in [-0.3, -0.25) is 14.2 Å². The third-order valence-corrected chi connectivity index (χ3v) is 5.70. The minimum Gasteiger partial charge on any atom is -0.497 e. The molecule has 1 fully saturated rings. The summed E-state index contributed by atoms with van der Waals surface area (Å²) in [5.41, 5.74) is 1.46. The van der Waals surface area contributed by atoms with E-state index in [0.717, 1.165) is 11.3 Å². The lowest BCUT2D eigenvalue weighted by molar-refractivity contribution is -0.137. The van der Waals surface area contributed by atoms with Gasteiger partial charge in [0, 0.05) is 6.42 Å². The maximum absolute atomic E-state index is 13.1. The van der Waals surface area contributed by atoms with Crippen molar-refractivity contribution < 1.29 is 14.3 Å². The quantitative estimate of drug-likeness (QED) is 0.499. The molecule has 0 saturated carbocycles. The molecule has 0 bridgehead atoms. The molecule has 3 aromatic rings. The van der Waals surface area contributed by atoms with Crippen molar-refractivity contribution in [2.75, 3.05) is 13.7 Å². The number of hydrogen-bond donors (Lipinski definition) is 0. The molecule has 0 amide bonds. The Kier molecular flexibility index (Phi) is 4.85. The van der Waals surface area contributed by atoms with Crippen molar-refractivity contribution in [1.29, 1.82) is 0 Å². The summed E-state index contributed by atoms with van der Waals surface area (Å²) in [7, 11) is 1.61. The Balaban J connectivity index is 1.77. The Hall–Kier alpha value is -2.80. The molecule has 1 aliphatic rings. The van der Waals surface area contributed by atoms with Crippen molar-refractivity contribution in [3.63, 3.8) is 0 Å². The van der Waals surface area contributed by atoms with Gasteiger partial charge in [-0.1, -0.05) is 36.0 Å². The van der Waals surface area contributed by atoms with Crippen LogP contribution in [-0.4, -0.2) is 34.5 Å². The zero-order valence-electron chi connectivity index (χ0n) is 14.8. The number of ether oxygens (including phenoxy) is 2. The van der Waals surface area contributed by atoms with Crippen LogP contribution < -0.4 is 10.3 Å². The number of nitrogens with zero attached hydrogens (tertiary/aromatic N) is 2.